The van der Waals surface area contributed by atoms with Crippen molar-refractivity contribution in [3.8, 4) is 0 Å². The Balaban J connectivity index is 1.73. The number of nitrogens with one attached hydrogen (secondary N) is 2. The first kappa shape index (κ1) is 17.6. The molecule has 6 nitrogen and oxygen atoms in total. The number of carbonyl (C=O) groups is 2. The lowest BCUT2D eigenvalue weighted by Gasteiger charge is -2.26. The van der Waals surface area contributed by atoms with Crippen LogP contribution in [0.1, 0.15) is 23.1 Å². The van der Waals surface area contributed by atoms with Crippen molar-refractivity contribution >= 4 is 28.3 Å². The molecule has 1 aromatic heterocycles. The highest BCUT2D eigenvalue weighted by Crippen LogP contribution is 2.26. The van der Waals surface area contributed by atoms with Gasteiger partial charge in [0.2, 0.25) is 11.8 Å². The van der Waals surface area contributed by atoms with E-state index in [1.165, 1.54) is 23.8 Å². The molecule has 1 saturated heterocycles. The number of hydrogen-bond acceptors (Lipinski definition) is 5. The maximum absolute atomic E-state index is 11.6. The van der Waals surface area contributed by atoms with Crippen LogP contribution in [0, 0.1) is 0 Å². The van der Waals surface area contributed by atoms with Crippen molar-refractivity contribution < 1.29 is 9.59 Å². The summed E-state index contributed by atoms with van der Waals surface area (Å²) in [4.78, 5) is 30.8. The highest BCUT2D eigenvalue weighted by molar-refractivity contribution is 7.15. The van der Waals surface area contributed by atoms with Crippen LogP contribution < -0.4 is 10.6 Å². The van der Waals surface area contributed by atoms with Crippen molar-refractivity contribution in [2.24, 2.45) is 0 Å². The van der Waals surface area contributed by atoms with Crippen LogP contribution in [0.15, 0.2) is 30.3 Å². The summed E-state index contributed by atoms with van der Waals surface area (Å²) in [5.41, 5.74) is 2.27. The van der Waals surface area contributed by atoms with Gasteiger partial charge in [-0.05, 0) is 18.4 Å². The van der Waals surface area contributed by atoms with Crippen LogP contribution in [0.3, 0.4) is 0 Å². The van der Waals surface area contributed by atoms with E-state index in [1.54, 1.807) is 0 Å². The van der Waals surface area contributed by atoms with Crippen molar-refractivity contribution in [1.82, 2.24) is 15.2 Å². The molecule has 0 saturated carbocycles. The molecule has 1 aliphatic heterocycles. The average molecular weight is 358 g/mol. The molecule has 1 aromatic carbocycles. The third kappa shape index (κ3) is 5.11. The Morgan fingerprint density at radius 3 is 2.84 bits per heavy atom. The molecule has 2 N–H and O–H groups in total. The zero-order valence-corrected chi connectivity index (χ0v) is 15.1. The summed E-state index contributed by atoms with van der Waals surface area (Å²) in [5.74, 6) is -0.0593. The Morgan fingerprint density at radius 2 is 2.12 bits per heavy atom. The van der Waals surface area contributed by atoms with E-state index in [1.807, 2.05) is 18.2 Å². The quantitative estimate of drug-likeness (QED) is 0.826. The molecule has 2 amide bonds. The Labute approximate surface area is 151 Å². The maximum Gasteiger partial charge on any atom is 0.234 e. The van der Waals surface area contributed by atoms with Gasteiger partial charge >= 0.3 is 0 Å². The van der Waals surface area contributed by atoms with Gasteiger partial charge in [0.1, 0.15) is 0 Å². The van der Waals surface area contributed by atoms with Crippen LogP contribution in [0.4, 0.5) is 5.13 Å². The number of aromatic nitrogens is 1. The van der Waals surface area contributed by atoms with Gasteiger partial charge in [0.15, 0.2) is 5.13 Å². The predicted octanol–water partition coefficient (Wildman–Crippen LogP) is 1.82. The van der Waals surface area contributed by atoms with Crippen molar-refractivity contribution in [3.05, 3.63) is 46.5 Å². The van der Waals surface area contributed by atoms with Gasteiger partial charge in [-0.2, -0.15) is 0 Å². The molecular weight excluding hydrogens is 336 g/mol. The van der Waals surface area contributed by atoms with E-state index in [0.717, 1.165) is 30.0 Å². The first-order valence-electron chi connectivity index (χ1n) is 8.39. The molecule has 0 bridgehead atoms. The van der Waals surface area contributed by atoms with Crippen molar-refractivity contribution in [2.75, 3.05) is 25.0 Å². The van der Waals surface area contributed by atoms with Gasteiger partial charge in [0.05, 0.1) is 12.2 Å². The predicted molar refractivity (Wildman–Crippen MR) is 98.6 cm³/mol. The molecular formula is C18H22N4O2S. The average Bonchev–Trinajstić information content (AvgIpc) is 2.94. The van der Waals surface area contributed by atoms with Crippen LogP contribution in [-0.4, -0.2) is 41.3 Å². The van der Waals surface area contributed by atoms with Crippen LogP contribution in [0.25, 0.3) is 0 Å². The molecule has 0 spiro atoms. The highest BCUT2D eigenvalue weighted by Gasteiger charge is 2.20. The molecule has 0 radical (unpaired) electrons. The SMILES string of the molecule is CC(=O)Nc1nc(CCc2ccccc2)c(CN2CCNC(=O)C2)s1. The topological polar surface area (TPSA) is 74.3 Å². The van der Waals surface area contributed by atoms with Gasteiger partial charge in [-0.1, -0.05) is 30.3 Å². The molecule has 132 valence electrons. The number of anilines is 1. The zero-order valence-electron chi connectivity index (χ0n) is 14.2. The Bertz CT molecular complexity index is 745. The number of hydrogen-bond donors (Lipinski definition) is 2. The molecule has 25 heavy (non-hydrogen) atoms. The minimum Gasteiger partial charge on any atom is -0.354 e. The van der Waals surface area contributed by atoms with Gasteiger partial charge in [-0.25, -0.2) is 4.98 Å². The summed E-state index contributed by atoms with van der Waals surface area (Å²) >= 11 is 1.50. The molecule has 0 aliphatic carbocycles. The third-order valence-electron chi connectivity index (χ3n) is 4.04. The molecule has 1 aliphatic rings. The lowest BCUT2D eigenvalue weighted by Crippen LogP contribution is -2.47. The van der Waals surface area contributed by atoms with Crippen LogP contribution in [-0.2, 0) is 29.0 Å². The molecule has 2 aromatic rings. The van der Waals surface area contributed by atoms with E-state index in [9.17, 15) is 9.59 Å². The minimum absolute atomic E-state index is 0.0590. The summed E-state index contributed by atoms with van der Waals surface area (Å²) in [6, 6.07) is 10.3. The number of benzene rings is 1. The Hall–Kier alpha value is -2.25. The van der Waals surface area contributed by atoms with Crippen LogP contribution in [0.2, 0.25) is 0 Å². The Kier molecular flexibility index (Phi) is 5.78. The van der Waals surface area contributed by atoms with Crippen molar-refractivity contribution in [2.45, 2.75) is 26.3 Å². The van der Waals surface area contributed by atoms with E-state index in [2.05, 4.69) is 32.7 Å². The smallest absolute Gasteiger partial charge is 0.234 e. The molecule has 3 rings (SSSR count). The normalized spacial score (nSPS) is 15.0. The van der Waals surface area contributed by atoms with Crippen LogP contribution in [0.5, 0.6) is 0 Å². The van der Waals surface area contributed by atoms with Crippen molar-refractivity contribution in [3.63, 3.8) is 0 Å². The highest BCUT2D eigenvalue weighted by atomic mass is 32.1. The Morgan fingerprint density at radius 1 is 1.32 bits per heavy atom. The minimum atomic E-state index is -0.118. The number of amides is 2. The summed E-state index contributed by atoms with van der Waals surface area (Å²) in [6.07, 6.45) is 1.72. The third-order valence-corrected chi connectivity index (χ3v) is 5.04. The van der Waals surface area contributed by atoms with Gasteiger partial charge in [0.25, 0.3) is 0 Å². The number of aryl methyl sites for hydroxylation is 2. The zero-order chi connectivity index (χ0) is 17.6. The number of carbonyl (C=O) groups excluding carboxylic acids is 2. The molecule has 0 atom stereocenters. The van der Waals surface area contributed by atoms with E-state index in [0.29, 0.717) is 24.8 Å². The number of thiazole rings is 1. The summed E-state index contributed by atoms with van der Waals surface area (Å²) < 4.78 is 0. The monoisotopic (exact) mass is 358 g/mol. The molecule has 7 heteroatoms. The first-order chi connectivity index (χ1) is 12.1. The number of rotatable bonds is 6. The van der Waals surface area contributed by atoms with Gasteiger partial charge in [-0.3, -0.25) is 14.5 Å². The second-order valence-corrected chi connectivity index (χ2v) is 7.20. The van der Waals surface area contributed by atoms with Crippen molar-refractivity contribution in [1.29, 1.82) is 0 Å². The fourth-order valence-electron chi connectivity index (χ4n) is 2.84. The van der Waals surface area contributed by atoms with Gasteiger partial charge < -0.3 is 10.6 Å². The lowest BCUT2D eigenvalue weighted by atomic mass is 10.1. The second kappa shape index (κ2) is 8.22. The number of nitrogens with zero attached hydrogens (tertiary/aromatic N) is 2. The van der Waals surface area contributed by atoms with E-state index in [-0.39, 0.29) is 11.8 Å². The van der Waals surface area contributed by atoms with E-state index >= 15 is 0 Å². The standard InChI is InChI=1S/C18H22N4O2S/c1-13(23)20-18-21-15(8-7-14-5-3-2-4-6-14)16(25-18)11-22-10-9-19-17(24)12-22/h2-6H,7-12H2,1H3,(H,19,24)(H,20,21,23). The summed E-state index contributed by atoms with van der Waals surface area (Å²) in [6.45, 7) is 4.09. The number of piperazine rings is 1. The maximum atomic E-state index is 11.6. The fourth-order valence-corrected chi connectivity index (χ4v) is 3.94. The first-order valence-corrected chi connectivity index (χ1v) is 9.21. The van der Waals surface area contributed by atoms with Crippen LogP contribution >= 0.6 is 11.3 Å². The molecule has 0 unspecified atom stereocenters. The van der Waals surface area contributed by atoms with E-state index < -0.39 is 0 Å². The van der Waals surface area contributed by atoms with Gasteiger partial charge in [0, 0.05) is 31.4 Å². The summed E-state index contributed by atoms with van der Waals surface area (Å²) in [7, 11) is 0. The van der Waals surface area contributed by atoms with Gasteiger partial charge in [-0.15, -0.1) is 11.3 Å². The largest absolute Gasteiger partial charge is 0.354 e. The molecule has 2 heterocycles. The fraction of sp³-hybridized carbons (Fsp3) is 0.389. The lowest BCUT2D eigenvalue weighted by molar-refractivity contribution is -0.124. The molecule has 1 fully saturated rings. The second-order valence-electron chi connectivity index (χ2n) is 6.12. The van der Waals surface area contributed by atoms with E-state index in [4.69, 9.17) is 0 Å². The summed E-state index contributed by atoms with van der Waals surface area (Å²) in [5, 5.41) is 6.25.